The number of benzene rings is 1. The van der Waals surface area contributed by atoms with Crippen molar-refractivity contribution in [3.05, 3.63) is 24.3 Å². The lowest BCUT2D eigenvalue weighted by molar-refractivity contribution is -0.127. The van der Waals surface area contributed by atoms with E-state index < -0.39 is 5.25 Å². The fraction of sp³-hybridized carbons (Fsp3) is 0.438. The predicted octanol–water partition coefficient (Wildman–Crippen LogP) is 1.52. The molecule has 1 aromatic carbocycles. The van der Waals surface area contributed by atoms with Crippen LogP contribution < -0.4 is 16.0 Å². The van der Waals surface area contributed by atoms with Crippen molar-refractivity contribution in [2.75, 3.05) is 11.9 Å². The second-order valence-electron chi connectivity index (χ2n) is 6.37. The van der Waals surface area contributed by atoms with Crippen molar-refractivity contribution in [1.82, 2.24) is 10.6 Å². The number of fused-ring (bicyclic) bond motifs is 1. The van der Waals surface area contributed by atoms with Gasteiger partial charge in [-0.1, -0.05) is 12.1 Å². The Morgan fingerprint density at radius 3 is 2.61 bits per heavy atom. The molecular formula is C16H21N3O3S. The molecule has 0 aromatic heterocycles. The minimum absolute atomic E-state index is 0.0353. The molecule has 23 heavy (non-hydrogen) atoms. The second kappa shape index (κ2) is 7.04. The van der Waals surface area contributed by atoms with Gasteiger partial charge in [-0.2, -0.15) is 0 Å². The molecule has 1 aliphatic rings. The molecule has 0 saturated heterocycles. The zero-order valence-electron chi connectivity index (χ0n) is 13.4. The number of rotatable bonds is 4. The summed E-state index contributed by atoms with van der Waals surface area (Å²) in [6.45, 7) is 5.51. The van der Waals surface area contributed by atoms with Crippen LogP contribution in [0.5, 0.6) is 0 Å². The molecule has 7 heteroatoms. The normalized spacial score (nSPS) is 17.0. The van der Waals surface area contributed by atoms with Crippen LogP contribution in [0.1, 0.15) is 27.2 Å². The number of thioether (sulfide) groups is 1. The van der Waals surface area contributed by atoms with E-state index in [0.29, 0.717) is 0 Å². The van der Waals surface area contributed by atoms with Gasteiger partial charge in [-0.15, -0.1) is 11.8 Å². The molecule has 0 unspecified atom stereocenters. The van der Waals surface area contributed by atoms with Gasteiger partial charge in [0.05, 0.1) is 17.5 Å². The number of nitrogens with one attached hydrogen (secondary N) is 3. The molecule has 0 radical (unpaired) electrons. The van der Waals surface area contributed by atoms with Crippen LogP contribution in [0.25, 0.3) is 0 Å². The Labute approximate surface area is 139 Å². The van der Waals surface area contributed by atoms with Crippen LogP contribution in [0.2, 0.25) is 0 Å². The molecule has 1 aromatic rings. The average molecular weight is 335 g/mol. The van der Waals surface area contributed by atoms with E-state index >= 15 is 0 Å². The van der Waals surface area contributed by atoms with Crippen molar-refractivity contribution in [1.29, 1.82) is 0 Å². The SMILES string of the molecule is CC(C)(C)NC(=O)CNC(=O)C[C@H]1Sc2ccccc2NC1=O. The Morgan fingerprint density at radius 2 is 1.91 bits per heavy atom. The minimum Gasteiger partial charge on any atom is -0.350 e. The second-order valence-corrected chi connectivity index (χ2v) is 7.62. The van der Waals surface area contributed by atoms with E-state index in [-0.39, 0.29) is 36.2 Å². The van der Waals surface area contributed by atoms with Gasteiger partial charge in [0.25, 0.3) is 0 Å². The van der Waals surface area contributed by atoms with Crippen LogP contribution in [-0.4, -0.2) is 35.1 Å². The summed E-state index contributed by atoms with van der Waals surface area (Å²) >= 11 is 1.36. The van der Waals surface area contributed by atoms with Gasteiger partial charge in [-0.05, 0) is 32.9 Å². The van der Waals surface area contributed by atoms with Gasteiger partial charge >= 0.3 is 0 Å². The molecule has 3 N–H and O–H groups in total. The highest BCUT2D eigenvalue weighted by Gasteiger charge is 2.28. The van der Waals surface area contributed by atoms with Crippen LogP contribution in [0, 0.1) is 0 Å². The summed E-state index contributed by atoms with van der Waals surface area (Å²) < 4.78 is 0. The molecule has 6 nitrogen and oxygen atoms in total. The molecule has 0 saturated carbocycles. The molecule has 124 valence electrons. The van der Waals surface area contributed by atoms with Crippen molar-refractivity contribution < 1.29 is 14.4 Å². The minimum atomic E-state index is -0.490. The first-order valence-electron chi connectivity index (χ1n) is 7.39. The highest BCUT2D eigenvalue weighted by molar-refractivity contribution is 8.01. The monoisotopic (exact) mass is 335 g/mol. The molecule has 0 aliphatic carbocycles. The van der Waals surface area contributed by atoms with Crippen molar-refractivity contribution in [3.8, 4) is 0 Å². The molecule has 0 bridgehead atoms. The smallest absolute Gasteiger partial charge is 0.239 e. The highest BCUT2D eigenvalue weighted by atomic mass is 32.2. The van der Waals surface area contributed by atoms with Crippen LogP contribution in [0.3, 0.4) is 0 Å². The highest BCUT2D eigenvalue weighted by Crippen LogP contribution is 2.36. The third-order valence-electron chi connectivity index (χ3n) is 3.04. The van der Waals surface area contributed by atoms with Crippen molar-refractivity contribution >= 4 is 35.2 Å². The van der Waals surface area contributed by atoms with Gasteiger partial charge in [0.1, 0.15) is 0 Å². The van der Waals surface area contributed by atoms with Crippen molar-refractivity contribution in [2.45, 2.75) is 42.9 Å². The summed E-state index contributed by atoms with van der Waals surface area (Å²) in [4.78, 5) is 36.6. The van der Waals surface area contributed by atoms with E-state index in [9.17, 15) is 14.4 Å². The van der Waals surface area contributed by atoms with Gasteiger partial charge in [0.2, 0.25) is 17.7 Å². The van der Waals surface area contributed by atoms with Crippen LogP contribution >= 0.6 is 11.8 Å². The summed E-state index contributed by atoms with van der Waals surface area (Å²) in [6.07, 6.45) is 0.0353. The zero-order valence-corrected chi connectivity index (χ0v) is 14.3. The van der Waals surface area contributed by atoms with Crippen LogP contribution in [0.4, 0.5) is 5.69 Å². The number of carbonyl (C=O) groups is 3. The Bertz CT molecular complexity index is 625. The van der Waals surface area contributed by atoms with E-state index in [0.717, 1.165) is 10.6 Å². The van der Waals surface area contributed by atoms with Gasteiger partial charge in [-0.25, -0.2) is 0 Å². The summed E-state index contributed by atoms with van der Waals surface area (Å²) in [5, 5.41) is 7.62. The van der Waals surface area contributed by atoms with E-state index in [1.54, 1.807) is 0 Å². The maximum atomic E-state index is 12.0. The van der Waals surface area contributed by atoms with Gasteiger partial charge in [-0.3, -0.25) is 14.4 Å². The first-order chi connectivity index (χ1) is 10.7. The molecule has 1 heterocycles. The average Bonchev–Trinajstić information content (AvgIpc) is 2.44. The maximum Gasteiger partial charge on any atom is 0.239 e. The van der Waals surface area contributed by atoms with E-state index in [4.69, 9.17) is 0 Å². The summed E-state index contributed by atoms with van der Waals surface area (Å²) in [5.74, 6) is -0.763. The lowest BCUT2D eigenvalue weighted by Crippen LogP contribution is -2.46. The lowest BCUT2D eigenvalue weighted by atomic mass is 10.1. The summed E-state index contributed by atoms with van der Waals surface area (Å²) in [5.41, 5.74) is 0.425. The number of anilines is 1. The van der Waals surface area contributed by atoms with Crippen LogP contribution in [0.15, 0.2) is 29.2 Å². The molecular weight excluding hydrogens is 314 g/mol. The number of carbonyl (C=O) groups excluding carboxylic acids is 3. The zero-order chi connectivity index (χ0) is 17.0. The van der Waals surface area contributed by atoms with Gasteiger partial charge in [0.15, 0.2) is 0 Å². The predicted molar refractivity (Wildman–Crippen MR) is 90.2 cm³/mol. The summed E-state index contributed by atoms with van der Waals surface area (Å²) in [7, 11) is 0. The number of hydrogen-bond acceptors (Lipinski definition) is 4. The Hall–Kier alpha value is -2.02. The fourth-order valence-electron chi connectivity index (χ4n) is 2.11. The number of para-hydroxylation sites is 1. The Kier molecular flexibility index (Phi) is 5.30. The molecule has 2 rings (SSSR count). The molecule has 1 aliphatic heterocycles. The topological polar surface area (TPSA) is 87.3 Å². The quantitative estimate of drug-likeness (QED) is 0.778. The first kappa shape index (κ1) is 17.3. The molecule has 3 amide bonds. The van der Waals surface area contributed by atoms with Gasteiger partial charge < -0.3 is 16.0 Å². The Balaban J connectivity index is 1.84. The molecule has 0 spiro atoms. The molecule has 1 atom stereocenters. The largest absolute Gasteiger partial charge is 0.350 e. The van der Waals surface area contributed by atoms with Crippen LogP contribution in [-0.2, 0) is 14.4 Å². The van der Waals surface area contributed by atoms with Gasteiger partial charge in [0, 0.05) is 16.9 Å². The van der Waals surface area contributed by atoms with E-state index in [1.165, 1.54) is 11.8 Å². The standard InChI is InChI=1S/C16H21N3O3S/c1-16(2,3)19-14(21)9-17-13(20)8-12-15(22)18-10-6-4-5-7-11(10)23-12/h4-7,12H,8-9H2,1-3H3,(H,17,20)(H,18,22)(H,19,21)/t12-/m1/s1. The third kappa shape index (κ3) is 5.28. The third-order valence-corrected chi connectivity index (χ3v) is 4.31. The summed E-state index contributed by atoms with van der Waals surface area (Å²) in [6, 6.07) is 7.46. The Morgan fingerprint density at radius 1 is 1.22 bits per heavy atom. The maximum absolute atomic E-state index is 12.0. The van der Waals surface area contributed by atoms with E-state index in [1.807, 2.05) is 45.0 Å². The molecule has 0 fully saturated rings. The lowest BCUT2D eigenvalue weighted by Gasteiger charge is -2.24. The van der Waals surface area contributed by atoms with E-state index in [2.05, 4.69) is 16.0 Å². The van der Waals surface area contributed by atoms with Crippen molar-refractivity contribution in [2.24, 2.45) is 0 Å². The first-order valence-corrected chi connectivity index (χ1v) is 8.27. The fourth-order valence-corrected chi connectivity index (χ4v) is 3.22. The number of amides is 3. The number of hydrogen-bond donors (Lipinski definition) is 3. The van der Waals surface area contributed by atoms with Crippen molar-refractivity contribution in [3.63, 3.8) is 0 Å².